The van der Waals surface area contributed by atoms with Gasteiger partial charge < -0.3 is 4.74 Å². The van der Waals surface area contributed by atoms with Crippen LogP contribution in [0.2, 0.25) is 0 Å². The maximum absolute atomic E-state index is 6.48. The van der Waals surface area contributed by atoms with Gasteiger partial charge in [-0.05, 0) is 42.9 Å². The Morgan fingerprint density at radius 1 is 0.957 bits per heavy atom. The van der Waals surface area contributed by atoms with Gasteiger partial charge in [0.1, 0.15) is 5.75 Å². The Morgan fingerprint density at radius 3 is 1.96 bits per heavy atom. The molecule has 1 aromatic rings. The van der Waals surface area contributed by atoms with Crippen LogP contribution >= 0.6 is 0 Å². The molecule has 0 radical (unpaired) electrons. The van der Waals surface area contributed by atoms with Gasteiger partial charge in [0, 0.05) is 11.1 Å². The summed E-state index contributed by atoms with van der Waals surface area (Å²) in [6.45, 7) is 16.7. The molecule has 2 rings (SSSR count). The SMILES string of the molecule is Cc1cc(C(C)(C)C)c(OCC2CC=CCC2)c(C(C)(C)C)c1. The van der Waals surface area contributed by atoms with E-state index in [9.17, 15) is 0 Å². The van der Waals surface area contributed by atoms with Gasteiger partial charge >= 0.3 is 0 Å². The van der Waals surface area contributed by atoms with Crippen LogP contribution in [0.1, 0.15) is 77.5 Å². The van der Waals surface area contributed by atoms with Crippen LogP contribution in [-0.4, -0.2) is 6.61 Å². The molecule has 0 heterocycles. The highest BCUT2D eigenvalue weighted by molar-refractivity contribution is 5.50. The summed E-state index contributed by atoms with van der Waals surface area (Å²) in [5.41, 5.74) is 4.19. The van der Waals surface area contributed by atoms with Crippen LogP contribution in [0, 0.1) is 12.8 Å². The van der Waals surface area contributed by atoms with E-state index < -0.39 is 0 Å². The minimum absolute atomic E-state index is 0.0911. The highest BCUT2D eigenvalue weighted by atomic mass is 16.5. The van der Waals surface area contributed by atoms with Crippen LogP contribution in [0.4, 0.5) is 0 Å². The molecule has 1 aliphatic carbocycles. The molecule has 1 aliphatic rings. The van der Waals surface area contributed by atoms with Gasteiger partial charge in [-0.2, -0.15) is 0 Å². The first-order valence-electron chi connectivity index (χ1n) is 9.02. The summed E-state index contributed by atoms with van der Waals surface area (Å²) in [6, 6.07) is 4.62. The molecule has 1 aromatic carbocycles. The van der Waals surface area contributed by atoms with E-state index in [2.05, 4.69) is 72.8 Å². The fraction of sp³-hybridized carbons (Fsp3) is 0.636. The van der Waals surface area contributed by atoms with Gasteiger partial charge in [0.05, 0.1) is 6.61 Å². The van der Waals surface area contributed by atoms with E-state index in [1.165, 1.54) is 29.5 Å². The van der Waals surface area contributed by atoms with Crippen molar-refractivity contribution in [2.45, 2.75) is 78.6 Å². The molecule has 0 saturated heterocycles. The highest BCUT2D eigenvalue weighted by Crippen LogP contribution is 2.41. The van der Waals surface area contributed by atoms with Gasteiger partial charge in [0.15, 0.2) is 0 Å². The summed E-state index contributed by atoms with van der Waals surface area (Å²) >= 11 is 0. The third-order valence-corrected chi connectivity index (χ3v) is 4.69. The number of hydrogen-bond donors (Lipinski definition) is 0. The van der Waals surface area contributed by atoms with E-state index in [1.54, 1.807) is 0 Å². The third kappa shape index (κ3) is 4.62. The number of ether oxygens (including phenoxy) is 1. The van der Waals surface area contributed by atoms with Crippen molar-refractivity contribution in [2.24, 2.45) is 5.92 Å². The van der Waals surface area contributed by atoms with E-state index in [1.807, 2.05) is 0 Å². The quantitative estimate of drug-likeness (QED) is 0.593. The second-order valence-electron chi connectivity index (χ2n) is 9.15. The van der Waals surface area contributed by atoms with Crippen LogP contribution < -0.4 is 4.74 Å². The molecule has 1 unspecified atom stereocenters. The number of allylic oxidation sites excluding steroid dienone is 2. The molecule has 0 spiro atoms. The summed E-state index contributed by atoms with van der Waals surface area (Å²) in [7, 11) is 0. The average Bonchev–Trinajstić information content (AvgIpc) is 2.44. The second-order valence-corrected chi connectivity index (χ2v) is 9.15. The van der Waals surface area contributed by atoms with Crippen molar-refractivity contribution >= 4 is 0 Å². The van der Waals surface area contributed by atoms with Crippen molar-refractivity contribution in [3.8, 4) is 5.75 Å². The summed E-state index contributed by atoms with van der Waals surface area (Å²) < 4.78 is 6.48. The van der Waals surface area contributed by atoms with E-state index in [4.69, 9.17) is 4.74 Å². The molecule has 0 saturated carbocycles. The highest BCUT2D eigenvalue weighted by Gasteiger charge is 2.28. The zero-order chi connectivity index (χ0) is 17.3. The molecule has 0 aliphatic heterocycles. The molecule has 128 valence electrons. The minimum Gasteiger partial charge on any atom is -0.493 e. The van der Waals surface area contributed by atoms with Gasteiger partial charge in [-0.1, -0.05) is 71.4 Å². The lowest BCUT2D eigenvalue weighted by atomic mass is 9.78. The summed E-state index contributed by atoms with van der Waals surface area (Å²) in [4.78, 5) is 0. The molecule has 0 fully saturated rings. The van der Waals surface area contributed by atoms with Gasteiger partial charge in [-0.25, -0.2) is 0 Å². The van der Waals surface area contributed by atoms with Crippen LogP contribution in [0.15, 0.2) is 24.3 Å². The lowest BCUT2D eigenvalue weighted by Crippen LogP contribution is -2.22. The van der Waals surface area contributed by atoms with Crippen molar-refractivity contribution in [1.82, 2.24) is 0 Å². The average molecular weight is 315 g/mol. The molecule has 1 heteroatoms. The number of aryl methyl sites for hydroxylation is 1. The fourth-order valence-electron chi connectivity index (χ4n) is 3.25. The Balaban J connectivity index is 2.39. The van der Waals surface area contributed by atoms with Crippen molar-refractivity contribution in [2.75, 3.05) is 6.61 Å². The number of benzene rings is 1. The van der Waals surface area contributed by atoms with Crippen LogP contribution in [0.3, 0.4) is 0 Å². The van der Waals surface area contributed by atoms with Crippen molar-refractivity contribution in [3.05, 3.63) is 41.0 Å². The Hall–Kier alpha value is -1.24. The van der Waals surface area contributed by atoms with E-state index in [-0.39, 0.29) is 10.8 Å². The molecule has 1 nitrogen and oxygen atoms in total. The Morgan fingerprint density at radius 2 is 1.52 bits per heavy atom. The maximum atomic E-state index is 6.48. The zero-order valence-corrected chi connectivity index (χ0v) is 16.1. The molecule has 0 amide bonds. The van der Waals surface area contributed by atoms with E-state index in [0.717, 1.165) is 18.8 Å². The molecule has 23 heavy (non-hydrogen) atoms. The van der Waals surface area contributed by atoms with Crippen LogP contribution in [0.25, 0.3) is 0 Å². The van der Waals surface area contributed by atoms with Gasteiger partial charge in [-0.15, -0.1) is 0 Å². The Kier molecular flexibility index (Phi) is 5.28. The topological polar surface area (TPSA) is 9.23 Å². The summed E-state index contributed by atoms with van der Waals surface area (Å²) in [5.74, 6) is 1.78. The predicted molar refractivity (Wildman–Crippen MR) is 101 cm³/mol. The van der Waals surface area contributed by atoms with Crippen molar-refractivity contribution in [3.63, 3.8) is 0 Å². The number of hydrogen-bond acceptors (Lipinski definition) is 1. The normalized spacial score (nSPS) is 19.0. The van der Waals surface area contributed by atoms with Gasteiger partial charge in [0.2, 0.25) is 0 Å². The monoisotopic (exact) mass is 314 g/mol. The van der Waals surface area contributed by atoms with E-state index in [0.29, 0.717) is 5.92 Å². The standard InChI is InChI=1S/C22H34O/c1-16-13-18(21(2,3)4)20(19(14-16)22(5,6)7)23-15-17-11-9-8-10-12-17/h8-9,13-14,17H,10-12,15H2,1-7H3. The minimum atomic E-state index is 0.0911. The summed E-state index contributed by atoms with van der Waals surface area (Å²) in [6.07, 6.45) is 8.20. The lowest BCUT2D eigenvalue weighted by molar-refractivity contribution is 0.229. The fourth-order valence-corrected chi connectivity index (χ4v) is 3.25. The molecule has 1 atom stereocenters. The summed E-state index contributed by atoms with van der Waals surface area (Å²) in [5, 5.41) is 0. The number of rotatable bonds is 3. The third-order valence-electron chi connectivity index (χ3n) is 4.69. The van der Waals surface area contributed by atoms with Crippen LogP contribution in [-0.2, 0) is 10.8 Å². The molecular formula is C22H34O. The maximum Gasteiger partial charge on any atom is 0.126 e. The zero-order valence-electron chi connectivity index (χ0n) is 16.1. The first kappa shape index (κ1) is 18.1. The molecule has 0 bridgehead atoms. The predicted octanol–water partition coefficient (Wildman–Crippen LogP) is 6.33. The second kappa shape index (κ2) is 6.71. The van der Waals surface area contributed by atoms with E-state index >= 15 is 0 Å². The Labute approximate surface area is 143 Å². The first-order valence-corrected chi connectivity index (χ1v) is 9.02. The molecule has 0 aromatic heterocycles. The van der Waals surface area contributed by atoms with Crippen molar-refractivity contribution in [1.29, 1.82) is 0 Å². The molecular weight excluding hydrogens is 280 g/mol. The van der Waals surface area contributed by atoms with Crippen LogP contribution in [0.5, 0.6) is 5.75 Å². The molecule has 0 N–H and O–H groups in total. The first-order chi connectivity index (χ1) is 10.6. The Bertz CT molecular complexity index is 532. The largest absolute Gasteiger partial charge is 0.493 e. The van der Waals surface area contributed by atoms with Gasteiger partial charge in [0.25, 0.3) is 0 Å². The van der Waals surface area contributed by atoms with Gasteiger partial charge in [-0.3, -0.25) is 0 Å². The lowest BCUT2D eigenvalue weighted by Gasteiger charge is -2.31. The van der Waals surface area contributed by atoms with Crippen molar-refractivity contribution < 1.29 is 4.74 Å². The smallest absolute Gasteiger partial charge is 0.126 e.